The molecule has 0 N–H and O–H groups in total. The number of hydrogen-bond acceptors (Lipinski definition) is 3. The molecule has 0 bridgehead atoms. The highest BCUT2D eigenvalue weighted by Crippen LogP contribution is 2.33. The van der Waals surface area contributed by atoms with Gasteiger partial charge in [-0.25, -0.2) is 0 Å². The summed E-state index contributed by atoms with van der Waals surface area (Å²) in [5.41, 5.74) is 3.71. The van der Waals surface area contributed by atoms with E-state index in [-0.39, 0.29) is 5.78 Å². The van der Waals surface area contributed by atoms with E-state index in [0.29, 0.717) is 18.7 Å². The quantitative estimate of drug-likeness (QED) is 0.797. The van der Waals surface area contributed by atoms with Crippen LogP contribution in [0.15, 0.2) is 22.7 Å². The summed E-state index contributed by atoms with van der Waals surface area (Å²) in [6, 6.07) is 5.91. The number of aryl methyl sites for hydroxylation is 2. The molecule has 0 fully saturated rings. The molecule has 21 heavy (non-hydrogen) atoms. The van der Waals surface area contributed by atoms with Crippen LogP contribution in [-0.2, 0) is 26.3 Å². The van der Waals surface area contributed by atoms with E-state index in [9.17, 15) is 4.79 Å². The molecule has 0 radical (unpaired) electrons. The first-order chi connectivity index (χ1) is 10.1. The molecule has 3 rings (SSSR count). The molecular weight excluding hydrogens is 332 g/mol. The van der Waals surface area contributed by atoms with Crippen molar-refractivity contribution in [1.82, 2.24) is 9.78 Å². The summed E-state index contributed by atoms with van der Waals surface area (Å²) in [4.78, 5) is 12.5. The van der Waals surface area contributed by atoms with Gasteiger partial charge in [-0.2, -0.15) is 5.10 Å². The third-order valence-electron chi connectivity index (χ3n) is 3.75. The summed E-state index contributed by atoms with van der Waals surface area (Å²) in [6.07, 6.45) is 2.07. The Labute approximate surface area is 132 Å². The molecule has 0 amide bonds. The Morgan fingerprint density at radius 3 is 2.95 bits per heavy atom. The van der Waals surface area contributed by atoms with E-state index >= 15 is 0 Å². The number of benzene rings is 1. The second-order valence-corrected chi connectivity index (χ2v) is 6.17. The zero-order valence-corrected chi connectivity index (χ0v) is 13.7. The first kappa shape index (κ1) is 14.3. The topological polar surface area (TPSA) is 44.1 Å². The minimum atomic E-state index is 0.0699. The molecule has 1 aromatic heterocycles. The van der Waals surface area contributed by atoms with Gasteiger partial charge in [0.1, 0.15) is 11.4 Å². The van der Waals surface area contributed by atoms with E-state index in [2.05, 4.69) is 27.1 Å². The maximum atomic E-state index is 12.5. The van der Waals surface area contributed by atoms with Crippen LogP contribution >= 0.6 is 15.9 Å². The van der Waals surface area contributed by atoms with Crippen molar-refractivity contribution in [2.24, 2.45) is 7.05 Å². The number of Topliss-reactive ketones (excluding diaryl/α,β-unsaturated/α-hetero) is 1. The smallest absolute Gasteiger partial charge is 0.185 e. The first-order valence-electron chi connectivity index (χ1n) is 7.08. The Morgan fingerprint density at radius 2 is 2.24 bits per heavy atom. The van der Waals surface area contributed by atoms with Crippen LogP contribution in [0.5, 0.6) is 5.75 Å². The summed E-state index contributed by atoms with van der Waals surface area (Å²) in [7, 11) is 1.81. The lowest BCUT2D eigenvalue weighted by Crippen LogP contribution is -2.10. The van der Waals surface area contributed by atoms with Gasteiger partial charge in [0.15, 0.2) is 5.78 Å². The fourth-order valence-electron chi connectivity index (χ4n) is 2.70. The van der Waals surface area contributed by atoms with Gasteiger partial charge < -0.3 is 4.74 Å². The van der Waals surface area contributed by atoms with Gasteiger partial charge in [0.2, 0.25) is 0 Å². The fraction of sp³-hybridized carbons (Fsp3) is 0.375. The van der Waals surface area contributed by atoms with Crippen molar-refractivity contribution in [3.63, 3.8) is 0 Å². The summed E-state index contributed by atoms with van der Waals surface area (Å²) in [6.45, 7) is 2.73. The van der Waals surface area contributed by atoms with Gasteiger partial charge in [0.25, 0.3) is 0 Å². The Kier molecular flexibility index (Phi) is 3.85. The predicted molar refractivity (Wildman–Crippen MR) is 84.0 cm³/mol. The predicted octanol–water partition coefficient (Wildman–Crippen LogP) is 3.11. The molecular formula is C16H17BrN2O2. The first-order valence-corrected chi connectivity index (χ1v) is 7.88. The third kappa shape index (κ3) is 2.75. The fourth-order valence-corrected chi connectivity index (χ4v) is 3.25. The highest BCUT2D eigenvalue weighted by atomic mass is 79.9. The molecule has 1 aliphatic heterocycles. The van der Waals surface area contributed by atoms with Crippen LogP contribution in [0.4, 0.5) is 0 Å². The third-order valence-corrected chi connectivity index (χ3v) is 4.21. The number of hydrogen-bond donors (Lipinski definition) is 0. The van der Waals surface area contributed by atoms with Crippen molar-refractivity contribution in [2.45, 2.75) is 26.2 Å². The second kappa shape index (κ2) is 5.64. The van der Waals surface area contributed by atoms with Crippen LogP contribution in [-0.4, -0.2) is 22.2 Å². The Balaban J connectivity index is 1.90. The molecule has 0 atom stereocenters. The summed E-state index contributed by atoms with van der Waals surface area (Å²) >= 11 is 3.51. The van der Waals surface area contributed by atoms with Crippen LogP contribution in [0.1, 0.15) is 34.2 Å². The van der Waals surface area contributed by atoms with Gasteiger partial charge in [-0.05, 0) is 30.2 Å². The van der Waals surface area contributed by atoms with Gasteiger partial charge in [0, 0.05) is 29.9 Å². The Bertz CT molecular complexity index is 707. The largest absolute Gasteiger partial charge is 0.493 e. The monoisotopic (exact) mass is 348 g/mol. The molecule has 0 spiro atoms. The second-order valence-electron chi connectivity index (χ2n) is 5.25. The highest BCUT2D eigenvalue weighted by molar-refractivity contribution is 9.10. The number of aromatic nitrogens is 2. The molecule has 2 heterocycles. The molecule has 0 aliphatic carbocycles. The van der Waals surface area contributed by atoms with Gasteiger partial charge in [-0.3, -0.25) is 9.48 Å². The molecule has 0 saturated carbocycles. The van der Waals surface area contributed by atoms with Gasteiger partial charge >= 0.3 is 0 Å². The van der Waals surface area contributed by atoms with Crippen LogP contribution in [0.2, 0.25) is 0 Å². The number of ether oxygens (including phenoxy) is 1. The molecule has 1 aliphatic rings. The van der Waals surface area contributed by atoms with Crippen molar-refractivity contribution in [2.75, 3.05) is 6.61 Å². The number of nitrogens with zero attached hydrogens (tertiary/aromatic N) is 2. The van der Waals surface area contributed by atoms with Crippen molar-refractivity contribution in [3.05, 3.63) is 45.2 Å². The number of rotatable bonds is 4. The van der Waals surface area contributed by atoms with E-state index in [4.69, 9.17) is 4.74 Å². The number of halogens is 1. The lowest BCUT2D eigenvalue weighted by atomic mass is 10.0. The maximum absolute atomic E-state index is 12.5. The maximum Gasteiger partial charge on any atom is 0.185 e. The lowest BCUT2D eigenvalue weighted by molar-refractivity contribution is 0.0983. The highest BCUT2D eigenvalue weighted by Gasteiger charge is 2.21. The summed E-state index contributed by atoms with van der Waals surface area (Å²) in [5.74, 6) is 0.949. The molecule has 110 valence electrons. The van der Waals surface area contributed by atoms with Crippen molar-refractivity contribution >= 4 is 21.7 Å². The standard InChI is InChI=1S/C16H17BrN2O2/c1-3-13-9-14(19(2)18-13)15(20)8-11-7-12(17)6-10-4-5-21-16(10)11/h6-7,9H,3-5,8H2,1-2H3. The molecule has 4 nitrogen and oxygen atoms in total. The minimum Gasteiger partial charge on any atom is -0.493 e. The average molecular weight is 349 g/mol. The van der Waals surface area contributed by atoms with Crippen molar-refractivity contribution in [1.29, 1.82) is 0 Å². The SMILES string of the molecule is CCc1cc(C(=O)Cc2cc(Br)cc3c2OCC3)n(C)n1. The Morgan fingerprint density at radius 1 is 1.43 bits per heavy atom. The number of carbonyl (C=O) groups excluding carboxylic acids is 1. The summed E-state index contributed by atoms with van der Waals surface area (Å²) in [5, 5.41) is 4.34. The lowest BCUT2D eigenvalue weighted by Gasteiger charge is -2.08. The van der Waals surface area contributed by atoms with Gasteiger partial charge in [-0.1, -0.05) is 22.9 Å². The van der Waals surface area contributed by atoms with E-state index in [1.165, 1.54) is 5.56 Å². The van der Waals surface area contributed by atoms with Crippen LogP contribution in [0.3, 0.4) is 0 Å². The van der Waals surface area contributed by atoms with Gasteiger partial charge in [0.05, 0.1) is 12.3 Å². The zero-order valence-electron chi connectivity index (χ0n) is 12.1. The normalized spacial score (nSPS) is 13.1. The molecule has 5 heteroatoms. The van der Waals surface area contributed by atoms with Crippen molar-refractivity contribution < 1.29 is 9.53 Å². The van der Waals surface area contributed by atoms with E-state index < -0.39 is 0 Å². The van der Waals surface area contributed by atoms with Crippen LogP contribution in [0.25, 0.3) is 0 Å². The van der Waals surface area contributed by atoms with E-state index in [0.717, 1.165) is 34.3 Å². The summed E-state index contributed by atoms with van der Waals surface area (Å²) < 4.78 is 8.34. The molecule has 2 aromatic rings. The van der Waals surface area contributed by atoms with Gasteiger partial charge in [-0.15, -0.1) is 0 Å². The van der Waals surface area contributed by atoms with E-state index in [1.807, 2.05) is 26.1 Å². The van der Waals surface area contributed by atoms with Crippen LogP contribution < -0.4 is 4.74 Å². The van der Waals surface area contributed by atoms with E-state index in [1.54, 1.807) is 4.68 Å². The average Bonchev–Trinajstić information content (AvgIpc) is 3.04. The molecule has 0 unspecified atom stereocenters. The molecule has 0 saturated heterocycles. The van der Waals surface area contributed by atoms with Crippen LogP contribution in [0, 0.1) is 0 Å². The number of ketones is 1. The molecule has 1 aromatic carbocycles. The minimum absolute atomic E-state index is 0.0699. The number of carbonyl (C=O) groups is 1. The Hall–Kier alpha value is -1.62. The zero-order chi connectivity index (χ0) is 15.0. The number of fused-ring (bicyclic) bond motifs is 1. The van der Waals surface area contributed by atoms with Crippen molar-refractivity contribution in [3.8, 4) is 5.75 Å².